The quantitative estimate of drug-likeness (QED) is 0.906. The van der Waals surface area contributed by atoms with E-state index in [1.807, 2.05) is 6.07 Å². The summed E-state index contributed by atoms with van der Waals surface area (Å²) in [7, 11) is 0. The van der Waals surface area contributed by atoms with Gasteiger partial charge in [0.15, 0.2) is 0 Å². The maximum Gasteiger partial charge on any atom is 0.290 e. The van der Waals surface area contributed by atoms with E-state index in [0.29, 0.717) is 11.3 Å². The highest BCUT2D eigenvalue weighted by Gasteiger charge is 2.30. The summed E-state index contributed by atoms with van der Waals surface area (Å²) >= 11 is 0. The summed E-state index contributed by atoms with van der Waals surface area (Å²) in [6.07, 6.45) is 0. The molecule has 96 valence electrons. The molecule has 0 aliphatic heterocycles. The first-order valence-corrected chi connectivity index (χ1v) is 5.79. The van der Waals surface area contributed by atoms with Crippen molar-refractivity contribution in [2.24, 2.45) is 0 Å². The predicted molar refractivity (Wildman–Crippen MR) is 70.0 cm³/mol. The van der Waals surface area contributed by atoms with Gasteiger partial charge < -0.3 is 5.32 Å². The van der Waals surface area contributed by atoms with Gasteiger partial charge in [0.1, 0.15) is 0 Å². The van der Waals surface area contributed by atoms with Crippen molar-refractivity contribution in [2.75, 3.05) is 11.9 Å². The van der Waals surface area contributed by atoms with Crippen molar-refractivity contribution in [1.29, 1.82) is 5.26 Å². The van der Waals surface area contributed by atoms with Crippen LogP contribution in [0.2, 0.25) is 0 Å². The van der Waals surface area contributed by atoms with E-state index < -0.39 is 12.5 Å². The summed E-state index contributed by atoms with van der Waals surface area (Å²) in [4.78, 5) is 0. The Morgan fingerprint density at radius 3 is 2.47 bits per heavy atom. The van der Waals surface area contributed by atoms with Crippen LogP contribution in [0.4, 0.5) is 14.5 Å². The Morgan fingerprint density at radius 2 is 1.79 bits per heavy atom. The molecule has 19 heavy (non-hydrogen) atoms. The number of alkyl halides is 2. The number of nitriles is 1. The largest absolute Gasteiger partial charge is 0.379 e. The molecule has 0 radical (unpaired) electrons. The second-order valence-corrected chi connectivity index (χ2v) is 4.12. The summed E-state index contributed by atoms with van der Waals surface area (Å²) < 4.78 is 27.8. The number of anilines is 1. The van der Waals surface area contributed by atoms with Crippen LogP contribution in [0.15, 0.2) is 54.6 Å². The maximum absolute atomic E-state index is 13.9. The summed E-state index contributed by atoms with van der Waals surface area (Å²) in [6, 6.07) is 16.1. The number of benzene rings is 2. The van der Waals surface area contributed by atoms with E-state index >= 15 is 0 Å². The minimum atomic E-state index is -2.95. The Morgan fingerprint density at radius 1 is 1.05 bits per heavy atom. The molecule has 0 aliphatic rings. The van der Waals surface area contributed by atoms with Crippen molar-refractivity contribution < 1.29 is 8.78 Å². The summed E-state index contributed by atoms with van der Waals surface area (Å²) in [5.74, 6) is -2.95. The summed E-state index contributed by atoms with van der Waals surface area (Å²) in [5, 5.41) is 11.4. The minimum Gasteiger partial charge on any atom is -0.379 e. The van der Waals surface area contributed by atoms with Crippen LogP contribution in [0.3, 0.4) is 0 Å². The molecule has 4 heteroatoms. The molecule has 2 rings (SSSR count). The highest BCUT2D eigenvalue weighted by Crippen LogP contribution is 2.28. The molecule has 0 heterocycles. The molecule has 0 bridgehead atoms. The van der Waals surface area contributed by atoms with Crippen molar-refractivity contribution in [2.45, 2.75) is 5.92 Å². The molecule has 0 spiro atoms. The van der Waals surface area contributed by atoms with Gasteiger partial charge in [-0.25, -0.2) is 0 Å². The first-order valence-electron chi connectivity index (χ1n) is 5.79. The third-order valence-corrected chi connectivity index (χ3v) is 2.70. The van der Waals surface area contributed by atoms with Crippen LogP contribution < -0.4 is 5.32 Å². The number of nitrogens with one attached hydrogen (secondary N) is 1. The molecule has 2 aromatic carbocycles. The Labute approximate surface area is 110 Å². The third-order valence-electron chi connectivity index (χ3n) is 2.70. The van der Waals surface area contributed by atoms with E-state index in [-0.39, 0.29) is 5.56 Å². The van der Waals surface area contributed by atoms with E-state index in [1.165, 1.54) is 12.1 Å². The smallest absolute Gasteiger partial charge is 0.290 e. The zero-order chi connectivity index (χ0) is 13.7. The number of hydrogen-bond acceptors (Lipinski definition) is 2. The minimum absolute atomic E-state index is 0.0288. The van der Waals surface area contributed by atoms with Crippen LogP contribution in [-0.2, 0) is 5.92 Å². The molecule has 0 aliphatic carbocycles. The number of nitrogens with zero attached hydrogens (tertiary/aromatic N) is 1. The molecular formula is C15H12F2N2. The third kappa shape index (κ3) is 3.29. The molecule has 2 nitrogen and oxygen atoms in total. The van der Waals surface area contributed by atoms with E-state index in [2.05, 4.69) is 5.32 Å². The monoisotopic (exact) mass is 258 g/mol. The Bertz CT molecular complexity index is 589. The van der Waals surface area contributed by atoms with Crippen LogP contribution in [0, 0.1) is 11.3 Å². The van der Waals surface area contributed by atoms with Crippen LogP contribution in [0.25, 0.3) is 0 Å². The lowest BCUT2D eigenvalue weighted by atomic mass is 10.1. The highest BCUT2D eigenvalue weighted by atomic mass is 19.3. The molecule has 0 atom stereocenters. The average molecular weight is 258 g/mol. The van der Waals surface area contributed by atoms with E-state index in [1.54, 1.807) is 42.5 Å². The van der Waals surface area contributed by atoms with Gasteiger partial charge in [-0.3, -0.25) is 0 Å². The van der Waals surface area contributed by atoms with Crippen LogP contribution in [0.1, 0.15) is 11.1 Å². The van der Waals surface area contributed by atoms with Gasteiger partial charge in [0, 0.05) is 11.3 Å². The molecule has 0 saturated carbocycles. The average Bonchev–Trinajstić information content (AvgIpc) is 2.46. The van der Waals surface area contributed by atoms with Crippen LogP contribution >= 0.6 is 0 Å². The highest BCUT2D eigenvalue weighted by molar-refractivity contribution is 5.49. The van der Waals surface area contributed by atoms with Gasteiger partial charge in [-0.1, -0.05) is 36.4 Å². The van der Waals surface area contributed by atoms with E-state index in [9.17, 15) is 8.78 Å². The molecule has 0 amide bonds. The molecular weight excluding hydrogens is 246 g/mol. The summed E-state index contributed by atoms with van der Waals surface area (Å²) in [6.45, 7) is -0.508. The first kappa shape index (κ1) is 13.0. The van der Waals surface area contributed by atoms with Crippen LogP contribution in [-0.4, -0.2) is 6.54 Å². The molecule has 1 N–H and O–H groups in total. The lowest BCUT2D eigenvalue weighted by Gasteiger charge is -2.18. The second kappa shape index (κ2) is 5.49. The standard InChI is InChI=1S/C15H12F2N2/c16-15(17,13-6-2-1-3-7-13)11-19-14-8-4-5-12(9-14)10-18/h1-9,19H,11H2. The molecule has 2 aromatic rings. The van der Waals surface area contributed by atoms with E-state index in [4.69, 9.17) is 5.26 Å². The molecule has 0 saturated heterocycles. The van der Waals surface area contributed by atoms with Crippen molar-refractivity contribution in [3.8, 4) is 6.07 Å². The lowest BCUT2D eigenvalue weighted by molar-refractivity contribution is 0.0106. The SMILES string of the molecule is N#Cc1cccc(NCC(F)(F)c2ccccc2)c1. The fourth-order valence-electron chi connectivity index (χ4n) is 1.70. The zero-order valence-corrected chi connectivity index (χ0v) is 10.1. The van der Waals surface area contributed by atoms with Gasteiger partial charge >= 0.3 is 0 Å². The van der Waals surface area contributed by atoms with Crippen molar-refractivity contribution in [3.05, 3.63) is 65.7 Å². The first-order chi connectivity index (χ1) is 9.12. The fourth-order valence-corrected chi connectivity index (χ4v) is 1.70. The van der Waals surface area contributed by atoms with Crippen molar-refractivity contribution >= 4 is 5.69 Å². The molecule has 0 aromatic heterocycles. The Hall–Kier alpha value is -2.41. The number of hydrogen-bond donors (Lipinski definition) is 1. The van der Waals surface area contributed by atoms with Crippen molar-refractivity contribution in [1.82, 2.24) is 0 Å². The van der Waals surface area contributed by atoms with Gasteiger partial charge in [-0.15, -0.1) is 0 Å². The van der Waals surface area contributed by atoms with Gasteiger partial charge in [0.05, 0.1) is 18.2 Å². The lowest BCUT2D eigenvalue weighted by Crippen LogP contribution is -2.24. The zero-order valence-electron chi connectivity index (χ0n) is 10.1. The molecule has 0 unspecified atom stereocenters. The van der Waals surface area contributed by atoms with Gasteiger partial charge in [0.25, 0.3) is 5.92 Å². The van der Waals surface area contributed by atoms with E-state index in [0.717, 1.165) is 0 Å². The summed E-state index contributed by atoms with van der Waals surface area (Å²) in [5.41, 5.74) is 0.918. The maximum atomic E-state index is 13.9. The van der Waals surface area contributed by atoms with Crippen LogP contribution in [0.5, 0.6) is 0 Å². The number of rotatable bonds is 4. The normalized spacial score (nSPS) is 10.8. The van der Waals surface area contributed by atoms with Crippen molar-refractivity contribution in [3.63, 3.8) is 0 Å². The Balaban J connectivity index is 2.07. The fraction of sp³-hybridized carbons (Fsp3) is 0.133. The van der Waals surface area contributed by atoms with Gasteiger partial charge in [-0.2, -0.15) is 14.0 Å². The number of halogens is 2. The van der Waals surface area contributed by atoms with Gasteiger partial charge in [-0.05, 0) is 18.2 Å². The topological polar surface area (TPSA) is 35.8 Å². The van der Waals surface area contributed by atoms with Gasteiger partial charge in [0.2, 0.25) is 0 Å². The second-order valence-electron chi connectivity index (χ2n) is 4.12. The molecule has 0 fully saturated rings. The Kier molecular flexibility index (Phi) is 3.76. The predicted octanol–water partition coefficient (Wildman–Crippen LogP) is 3.76.